The van der Waals surface area contributed by atoms with Crippen molar-refractivity contribution in [2.45, 2.75) is 25.9 Å². The van der Waals surface area contributed by atoms with Gasteiger partial charge in [0.25, 0.3) is 0 Å². The van der Waals surface area contributed by atoms with Gasteiger partial charge in [0.1, 0.15) is 5.82 Å². The maximum absolute atomic E-state index is 5.44. The van der Waals surface area contributed by atoms with Gasteiger partial charge in [0.2, 0.25) is 0 Å². The van der Waals surface area contributed by atoms with Crippen LogP contribution < -0.4 is 5.32 Å². The lowest BCUT2D eigenvalue weighted by atomic mass is 10.0. The van der Waals surface area contributed by atoms with Crippen molar-refractivity contribution in [3.8, 4) is 0 Å². The van der Waals surface area contributed by atoms with Gasteiger partial charge in [-0.3, -0.25) is 0 Å². The lowest BCUT2D eigenvalue weighted by Crippen LogP contribution is -2.34. The van der Waals surface area contributed by atoms with Crippen LogP contribution in [0.1, 0.15) is 19.2 Å². The Morgan fingerprint density at radius 2 is 2.32 bits per heavy atom. The zero-order valence-electron chi connectivity index (χ0n) is 11.6. The first-order valence-corrected chi connectivity index (χ1v) is 6.97. The Morgan fingerprint density at radius 3 is 3.05 bits per heavy atom. The summed E-state index contributed by atoms with van der Waals surface area (Å²) in [5.74, 6) is 1.72. The van der Waals surface area contributed by atoms with E-state index in [1.165, 1.54) is 5.52 Å². The normalized spacial score (nSPS) is 21.1. The maximum Gasteiger partial charge on any atom is 0.123 e. The van der Waals surface area contributed by atoms with E-state index in [9.17, 15) is 0 Å². The van der Waals surface area contributed by atoms with Crippen LogP contribution in [0.2, 0.25) is 0 Å². The fourth-order valence-electron chi connectivity index (χ4n) is 2.72. The van der Waals surface area contributed by atoms with Gasteiger partial charge in [0.15, 0.2) is 0 Å². The van der Waals surface area contributed by atoms with Crippen molar-refractivity contribution in [1.82, 2.24) is 14.9 Å². The number of ether oxygens (including phenoxy) is 1. The number of benzene rings is 1. The Kier molecular flexibility index (Phi) is 3.53. The van der Waals surface area contributed by atoms with Crippen LogP contribution in [-0.4, -0.2) is 28.8 Å². The Balaban J connectivity index is 1.69. The molecular formula is C15H21N3O. The van der Waals surface area contributed by atoms with Gasteiger partial charge in [-0.2, -0.15) is 0 Å². The predicted octanol–water partition coefficient (Wildman–Crippen LogP) is 2.09. The van der Waals surface area contributed by atoms with Crippen molar-refractivity contribution < 1.29 is 4.74 Å². The Labute approximate surface area is 113 Å². The van der Waals surface area contributed by atoms with Gasteiger partial charge >= 0.3 is 0 Å². The molecule has 1 fully saturated rings. The molecule has 2 heterocycles. The summed E-state index contributed by atoms with van der Waals surface area (Å²) in [6.07, 6.45) is 1.16. The van der Waals surface area contributed by atoms with E-state index in [1.54, 1.807) is 0 Å². The molecule has 3 rings (SSSR count). The number of hydrogen-bond acceptors (Lipinski definition) is 3. The maximum atomic E-state index is 5.44. The largest absolute Gasteiger partial charge is 0.381 e. The number of fused-ring (bicyclic) bond motifs is 1. The minimum atomic E-state index is 0.474. The first-order chi connectivity index (χ1) is 9.25. The van der Waals surface area contributed by atoms with Crippen LogP contribution in [0.4, 0.5) is 0 Å². The van der Waals surface area contributed by atoms with Gasteiger partial charge in [0.05, 0.1) is 24.2 Å². The summed E-state index contributed by atoms with van der Waals surface area (Å²) in [4.78, 5) is 4.68. The average Bonchev–Trinajstić information content (AvgIpc) is 3.05. The highest BCUT2D eigenvalue weighted by molar-refractivity contribution is 5.75. The number of nitrogens with one attached hydrogen (secondary N) is 1. The van der Waals surface area contributed by atoms with E-state index in [2.05, 4.69) is 47.0 Å². The third kappa shape index (κ3) is 2.51. The summed E-state index contributed by atoms with van der Waals surface area (Å²) in [6.45, 7) is 4.84. The second-order valence-corrected chi connectivity index (χ2v) is 5.37. The molecule has 1 aromatic carbocycles. The summed E-state index contributed by atoms with van der Waals surface area (Å²) >= 11 is 0. The summed E-state index contributed by atoms with van der Waals surface area (Å²) in [7, 11) is 2.08. The summed E-state index contributed by atoms with van der Waals surface area (Å²) < 4.78 is 7.61. The molecule has 1 aliphatic rings. The van der Waals surface area contributed by atoms with Crippen molar-refractivity contribution in [3.63, 3.8) is 0 Å². The number of aryl methyl sites for hydroxylation is 1. The summed E-state index contributed by atoms with van der Waals surface area (Å²) in [6, 6.07) is 8.74. The van der Waals surface area contributed by atoms with E-state index in [-0.39, 0.29) is 0 Å². The van der Waals surface area contributed by atoms with Crippen molar-refractivity contribution in [1.29, 1.82) is 0 Å². The molecule has 1 aromatic heterocycles. The second kappa shape index (κ2) is 5.31. The van der Waals surface area contributed by atoms with Crippen LogP contribution in [0, 0.1) is 5.92 Å². The highest BCUT2D eigenvalue weighted by atomic mass is 16.5. The molecule has 2 unspecified atom stereocenters. The molecule has 1 saturated heterocycles. The zero-order valence-corrected chi connectivity index (χ0v) is 11.6. The number of nitrogens with zero attached hydrogens (tertiary/aromatic N) is 2. The fourth-order valence-corrected chi connectivity index (χ4v) is 2.72. The van der Waals surface area contributed by atoms with E-state index in [0.29, 0.717) is 12.0 Å². The third-order valence-corrected chi connectivity index (χ3v) is 4.13. The van der Waals surface area contributed by atoms with E-state index in [4.69, 9.17) is 4.74 Å². The number of aromatic nitrogens is 2. The molecule has 0 amide bonds. The fraction of sp³-hybridized carbons (Fsp3) is 0.533. The molecule has 2 aromatic rings. The van der Waals surface area contributed by atoms with Crippen LogP contribution in [0.5, 0.6) is 0 Å². The van der Waals surface area contributed by atoms with E-state index < -0.39 is 0 Å². The van der Waals surface area contributed by atoms with Crippen molar-refractivity contribution in [2.24, 2.45) is 13.0 Å². The molecule has 0 spiro atoms. The molecule has 4 nitrogen and oxygen atoms in total. The minimum Gasteiger partial charge on any atom is -0.381 e. The van der Waals surface area contributed by atoms with Gasteiger partial charge < -0.3 is 14.6 Å². The quantitative estimate of drug-likeness (QED) is 0.914. The standard InChI is InChI=1S/C15H21N3O/c1-11(12-7-8-19-10-12)16-9-15-17-13-5-3-4-6-14(13)18(15)2/h3-6,11-12,16H,7-10H2,1-2H3. The molecule has 19 heavy (non-hydrogen) atoms. The van der Waals surface area contributed by atoms with Crippen LogP contribution in [0.3, 0.4) is 0 Å². The number of hydrogen-bond donors (Lipinski definition) is 1. The second-order valence-electron chi connectivity index (χ2n) is 5.37. The van der Waals surface area contributed by atoms with Crippen LogP contribution in [0.15, 0.2) is 24.3 Å². The summed E-state index contributed by atoms with van der Waals surface area (Å²) in [5.41, 5.74) is 2.26. The van der Waals surface area contributed by atoms with Crippen molar-refractivity contribution in [3.05, 3.63) is 30.1 Å². The molecule has 0 radical (unpaired) electrons. The molecular weight excluding hydrogens is 238 g/mol. The average molecular weight is 259 g/mol. The lowest BCUT2D eigenvalue weighted by Gasteiger charge is -2.19. The molecule has 1 aliphatic heterocycles. The first kappa shape index (κ1) is 12.6. The smallest absolute Gasteiger partial charge is 0.123 e. The van der Waals surface area contributed by atoms with Gasteiger partial charge in [-0.25, -0.2) is 4.98 Å². The molecule has 0 bridgehead atoms. The van der Waals surface area contributed by atoms with Gasteiger partial charge in [-0.05, 0) is 31.4 Å². The predicted molar refractivity (Wildman–Crippen MR) is 75.9 cm³/mol. The monoisotopic (exact) mass is 259 g/mol. The minimum absolute atomic E-state index is 0.474. The highest BCUT2D eigenvalue weighted by Gasteiger charge is 2.22. The lowest BCUT2D eigenvalue weighted by molar-refractivity contribution is 0.178. The van der Waals surface area contributed by atoms with Crippen LogP contribution >= 0.6 is 0 Å². The van der Waals surface area contributed by atoms with Gasteiger partial charge in [-0.15, -0.1) is 0 Å². The van der Waals surface area contributed by atoms with E-state index >= 15 is 0 Å². The molecule has 0 aliphatic carbocycles. The molecule has 2 atom stereocenters. The third-order valence-electron chi connectivity index (χ3n) is 4.13. The van der Waals surface area contributed by atoms with Gasteiger partial charge in [0, 0.05) is 19.7 Å². The zero-order chi connectivity index (χ0) is 13.2. The molecule has 102 valence electrons. The Bertz CT molecular complexity index is 558. The van der Waals surface area contributed by atoms with Gasteiger partial charge in [-0.1, -0.05) is 12.1 Å². The Morgan fingerprint density at radius 1 is 1.47 bits per heavy atom. The van der Waals surface area contributed by atoms with Crippen LogP contribution in [0.25, 0.3) is 11.0 Å². The van der Waals surface area contributed by atoms with Crippen molar-refractivity contribution >= 4 is 11.0 Å². The SMILES string of the molecule is CC(NCc1nc2ccccc2n1C)C1CCOC1. The van der Waals surface area contributed by atoms with E-state index in [0.717, 1.165) is 37.5 Å². The molecule has 0 saturated carbocycles. The molecule has 4 heteroatoms. The Hall–Kier alpha value is -1.39. The summed E-state index contributed by atoms with van der Waals surface area (Å²) in [5, 5.41) is 3.58. The number of imidazole rings is 1. The van der Waals surface area contributed by atoms with Crippen LogP contribution in [-0.2, 0) is 18.3 Å². The van der Waals surface area contributed by atoms with E-state index in [1.807, 2.05) is 6.07 Å². The number of para-hydroxylation sites is 2. The number of rotatable bonds is 4. The van der Waals surface area contributed by atoms with Crippen molar-refractivity contribution in [2.75, 3.05) is 13.2 Å². The topological polar surface area (TPSA) is 39.1 Å². The highest BCUT2D eigenvalue weighted by Crippen LogP contribution is 2.18. The molecule has 1 N–H and O–H groups in total. The first-order valence-electron chi connectivity index (χ1n) is 6.97.